The first-order valence-electron chi connectivity index (χ1n) is 5.31. The Kier molecular flexibility index (Phi) is 1.76. The van der Waals surface area contributed by atoms with Gasteiger partial charge in [-0.1, -0.05) is 18.2 Å². The lowest BCUT2D eigenvalue weighted by Crippen LogP contribution is -2.04. The van der Waals surface area contributed by atoms with Crippen molar-refractivity contribution < 1.29 is 0 Å². The molecule has 1 aliphatic carbocycles. The molecular formula is C13H13N. The number of fused-ring (bicyclic) bond motifs is 2. The standard InChI is InChI=1S/C13H13N/c1-3-7-12-10(5-1)9-11-6-2-4-8-13(11)14-12/h1,3,5,7,9H,2,4,6,8H2. The first-order chi connectivity index (χ1) is 6.93. The zero-order valence-corrected chi connectivity index (χ0v) is 8.16. The van der Waals surface area contributed by atoms with Crippen LogP contribution >= 0.6 is 0 Å². The van der Waals surface area contributed by atoms with Crippen molar-refractivity contribution in [2.24, 2.45) is 0 Å². The predicted molar refractivity (Wildman–Crippen MR) is 58.4 cm³/mol. The van der Waals surface area contributed by atoms with Gasteiger partial charge in [0.05, 0.1) is 5.52 Å². The van der Waals surface area contributed by atoms with Gasteiger partial charge < -0.3 is 0 Å². The van der Waals surface area contributed by atoms with Crippen molar-refractivity contribution in [2.45, 2.75) is 25.7 Å². The first kappa shape index (κ1) is 7.98. The summed E-state index contributed by atoms with van der Waals surface area (Å²) >= 11 is 0. The molecule has 1 heteroatoms. The van der Waals surface area contributed by atoms with Crippen LogP contribution in [0.1, 0.15) is 24.1 Å². The van der Waals surface area contributed by atoms with Crippen LogP contribution < -0.4 is 0 Å². The van der Waals surface area contributed by atoms with E-state index in [-0.39, 0.29) is 0 Å². The van der Waals surface area contributed by atoms with E-state index in [0.29, 0.717) is 0 Å². The molecule has 0 spiro atoms. The van der Waals surface area contributed by atoms with E-state index < -0.39 is 0 Å². The van der Waals surface area contributed by atoms with Gasteiger partial charge in [-0.05, 0) is 43.4 Å². The van der Waals surface area contributed by atoms with Gasteiger partial charge in [0.1, 0.15) is 0 Å². The summed E-state index contributed by atoms with van der Waals surface area (Å²) in [5.41, 5.74) is 3.94. The summed E-state index contributed by atoms with van der Waals surface area (Å²) in [5.74, 6) is 0. The molecule has 0 atom stereocenters. The molecule has 0 fully saturated rings. The van der Waals surface area contributed by atoms with Crippen molar-refractivity contribution >= 4 is 10.9 Å². The van der Waals surface area contributed by atoms with E-state index in [4.69, 9.17) is 4.98 Å². The molecule has 3 rings (SSSR count). The van der Waals surface area contributed by atoms with Gasteiger partial charge in [-0.3, -0.25) is 4.98 Å². The Morgan fingerprint density at radius 1 is 1.00 bits per heavy atom. The van der Waals surface area contributed by atoms with E-state index in [2.05, 4.69) is 30.3 Å². The average molecular weight is 183 g/mol. The average Bonchev–Trinajstić information content (AvgIpc) is 2.26. The number of aryl methyl sites for hydroxylation is 2. The van der Waals surface area contributed by atoms with Crippen molar-refractivity contribution in [1.29, 1.82) is 0 Å². The molecule has 0 bridgehead atoms. The summed E-state index contributed by atoms with van der Waals surface area (Å²) < 4.78 is 0. The minimum atomic E-state index is 1.15. The lowest BCUT2D eigenvalue weighted by Gasteiger charge is -2.15. The molecule has 1 nitrogen and oxygen atoms in total. The van der Waals surface area contributed by atoms with Crippen LogP contribution in [0.5, 0.6) is 0 Å². The fourth-order valence-corrected chi connectivity index (χ4v) is 2.24. The monoisotopic (exact) mass is 183 g/mol. The van der Waals surface area contributed by atoms with Gasteiger partial charge in [0, 0.05) is 11.1 Å². The number of para-hydroxylation sites is 1. The fraction of sp³-hybridized carbons (Fsp3) is 0.308. The third-order valence-corrected chi connectivity index (χ3v) is 3.00. The quantitative estimate of drug-likeness (QED) is 0.611. The Hall–Kier alpha value is -1.37. The van der Waals surface area contributed by atoms with Gasteiger partial charge in [-0.25, -0.2) is 0 Å². The second kappa shape index (κ2) is 3.09. The Labute approximate surface area is 83.8 Å². The number of benzene rings is 1. The second-order valence-corrected chi connectivity index (χ2v) is 3.99. The number of hydrogen-bond acceptors (Lipinski definition) is 1. The van der Waals surface area contributed by atoms with E-state index in [1.807, 2.05) is 0 Å². The number of rotatable bonds is 0. The van der Waals surface area contributed by atoms with E-state index >= 15 is 0 Å². The molecule has 0 saturated carbocycles. The molecule has 70 valence electrons. The predicted octanol–water partition coefficient (Wildman–Crippen LogP) is 3.11. The third kappa shape index (κ3) is 1.20. The van der Waals surface area contributed by atoms with Crippen LogP contribution in [0.25, 0.3) is 10.9 Å². The van der Waals surface area contributed by atoms with Crippen LogP contribution in [-0.4, -0.2) is 4.98 Å². The highest BCUT2D eigenvalue weighted by Crippen LogP contribution is 2.23. The number of aromatic nitrogens is 1. The van der Waals surface area contributed by atoms with Crippen molar-refractivity contribution in [1.82, 2.24) is 4.98 Å². The second-order valence-electron chi connectivity index (χ2n) is 3.99. The van der Waals surface area contributed by atoms with Gasteiger partial charge in [0.15, 0.2) is 0 Å². The van der Waals surface area contributed by atoms with Crippen molar-refractivity contribution in [3.05, 3.63) is 41.6 Å². The summed E-state index contributed by atoms with van der Waals surface area (Å²) in [5, 5.41) is 1.29. The van der Waals surface area contributed by atoms with Crippen molar-refractivity contribution in [3.8, 4) is 0 Å². The number of pyridine rings is 1. The van der Waals surface area contributed by atoms with Gasteiger partial charge in [0.2, 0.25) is 0 Å². The normalized spacial score (nSPS) is 15.4. The molecule has 2 aromatic rings. The Morgan fingerprint density at radius 3 is 2.86 bits per heavy atom. The third-order valence-electron chi connectivity index (χ3n) is 3.00. The Morgan fingerprint density at radius 2 is 1.86 bits per heavy atom. The molecule has 14 heavy (non-hydrogen) atoms. The highest BCUT2D eigenvalue weighted by Gasteiger charge is 2.10. The van der Waals surface area contributed by atoms with E-state index in [1.165, 1.54) is 42.3 Å². The molecule has 1 aromatic carbocycles. The lowest BCUT2D eigenvalue weighted by atomic mass is 9.95. The van der Waals surface area contributed by atoms with E-state index in [0.717, 1.165) is 5.52 Å². The van der Waals surface area contributed by atoms with Gasteiger partial charge in [0.25, 0.3) is 0 Å². The molecule has 1 heterocycles. The fourth-order valence-electron chi connectivity index (χ4n) is 2.24. The molecule has 1 aliphatic rings. The molecule has 1 aromatic heterocycles. The van der Waals surface area contributed by atoms with E-state index in [1.54, 1.807) is 0 Å². The van der Waals surface area contributed by atoms with Crippen LogP contribution in [-0.2, 0) is 12.8 Å². The van der Waals surface area contributed by atoms with E-state index in [9.17, 15) is 0 Å². The molecule has 0 saturated heterocycles. The molecule has 0 radical (unpaired) electrons. The number of nitrogens with zero attached hydrogens (tertiary/aromatic N) is 1. The maximum Gasteiger partial charge on any atom is 0.0705 e. The molecular weight excluding hydrogens is 170 g/mol. The lowest BCUT2D eigenvalue weighted by molar-refractivity contribution is 0.671. The molecule has 0 aliphatic heterocycles. The summed E-state index contributed by atoms with van der Waals surface area (Å²) in [7, 11) is 0. The smallest absolute Gasteiger partial charge is 0.0705 e. The van der Waals surface area contributed by atoms with Crippen LogP contribution in [0.2, 0.25) is 0 Å². The highest BCUT2D eigenvalue weighted by atomic mass is 14.7. The first-order valence-corrected chi connectivity index (χ1v) is 5.31. The van der Waals surface area contributed by atoms with Gasteiger partial charge in [-0.2, -0.15) is 0 Å². The topological polar surface area (TPSA) is 12.9 Å². The molecule has 0 N–H and O–H groups in total. The van der Waals surface area contributed by atoms with Crippen molar-refractivity contribution in [2.75, 3.05) is 0 Å². The van der Waals surface area contributed by atoms with Crippen LogP contribution in [0.4, 0.5) is 0 Å². The van der Waals surface area contributed by atoms with Gasteiger partial charge in [-0.15, -0.1) is 0 Å². The Balaban J connectivity index is 2.27. The number of hydrogen-bond donors (Lipinski definition) is 0. The summed E-state index contributed by atoms with van der Waals surface area (Å²) in [4.78, 5) is 4.72. The highest BCUT2D eigenvalue weighted by molar-refractivity contribution is 5.79. The van der Waals surface area contributed by atoms with Crippen LogP contribution in [0.15, 0.2) is 30.3 Å². The SMILES string of the molecule is c1ccc2nc3c(cc2c1)CCCC3. The van der Waals surface area contributed by atoms with Crippen LogP contribution in [0, 0.1) is 0 Å². The summed E-state index contributed by atoms with van der Waals surface area (Å²) in [6, 6.07) is 10.7. The maximum atomic E-state index is 4.72. The zero-order chi connectivity index (χ0) is 9.38. The minimum absolute atomic E-state index is 1.15. The minimum Gasteiger partial charge on any atom is -0.253 e. The molecule has 0 unspecified atom stereocenters. The van der Waals surface area contributed by atoms with Crippen LogP contribution in [0.3, 0.4) is 0 Å². The summed E-state index contributed by atoms with van der Waals surface area (Å²) in [6.07, 6.45) is 5.01. The molecule has 0 amide bonds. The Bertz CT molecular complexity index is 429. The zero-order valence-electron chi connectivity index (χ0n) is 8.16. The van der Waals surface area contributed by atoms with Gasteiger partial charge >= 0.3 is 0 Å². The summed E-state index contributed by atoms with van der Waals surface area (Å²) in [6.45, 7) is 0. The maximum absolute atomic E-state index is 4.72. The van der Waals surface area contributed by atoms with Crippen molar-refractivity contribution in [3.63, 3.8) is 0 Å². The largest absolute Gasteiger partial charge is 0.253 e.